The van der Waals surface area contributed by atoms with Crippen LogP contribution in [0.5, 0.6) is 0 Å². The third-order valence-electron chi connectivity index (χ3n) is 8.83. The van der Waals surface area contributed by atoms with Crippen molar-refractivity contribution >= 4 is 29.1 Å². The van der Waals surface area contributed by atoms with Gasteiger partial charge in [-0.15, -0.1) is 0 Å². The summed E-state index contributed by atoms with van der Waals surface area (Å²) in [6, 6.07) is 12.9. The van der Waals surface area contributed by atoms with Gasteiger partial charge in [0.2, 0.25) is 0 Å². The molecule has 1 aliphatic heterocycles. The number of carbonyl (C=O) groups is 1. The Morgan fingerprint density at radius 1 is 1.06 bits per heavy atom. The standard InChI is InChI=1S/C29H34N2OS/c1-4-24-23-9-17(2)5-7-26(23)33-27-8-6-22(13-25(27)31-24)28(32)30-18(3)29-14-19-10-20(15-29)12-21(11-19)16-29/h5-9,13,18-21H,4,10-12,14-16H2,1-3H3,(H,30,32). The van der Waals surface area contributed by atoms with E-state index in [4.69, 9.17) is 4.99 Å². The van der Waals surface area contributed by atoms with Gasteiger partial charge < -0.3 is 5.32 Å². The van der Waals surface area contributed by atoms with Gasteiger partial charge in [-0.05, 0) is 112 Å². The average Bonchev–Trinajstić information content (AvgIpc) is 2.93. The molecule has 3 nitrogen and oxygen atoms in total. The molecule has 1 N–H and O–H groups in total. The lowest BCUT2D eigenvalue weighted by Crippen LogP contribution is -2.55. The molecule has 0 radical (unpaired) electrons. The molecular weight excluding hydrogens is 424 g/mol. The van der Waals surface area contributed by atoms with E-state index in [2.05, 4.69) is 50.4 Å². The molecule has 2 aromatic carbocycles. The first-order valence-corrected chi connectivity index (χ1v) is 13.6. The summed E-state index contributed by atoms with van der Waals surface area (Å²) in [5.41, 5.74) is 5.53. The molecule has 172 valence electrons. The Morgan fingerprint density at radius 3 is 2.39 bits per heavy atom. The lowest BCUT2D eigenvalue weighted by atomic mass is 9.48. The van der Waals surface area contributed by atoms with Gasteiger partial charge in [0, 0.05) is 32.7 Å². The number of amides is 1. The summed E-state index contributed by atoms with van der Waals surface area (Å²) in [5, 5.41) is 3.43. The van der Waals surface area contributed by atoms with E-state index >= 15 is 0 Å². The zero-order valence-corrected chi connectivity index (χ0v) is 20.8. The third-order valence-corrected chi connectivity index (χ3v) is 9.97. The van der Waals surface area contributed by atoms with Gasteiger partial charge in [0.15, 0.2) is 0 Å². The number of rotatable bonds is 4. The third kappa shape index (κ3) is 3.75. The fourth-order valence-corrected chi connectivity index (χ4v) is 8.53. The van der Waals surface area contributed by atoms with E-state index in [0.29, 0.717) is 5.41 Å². The Kier molecular flexibility index (Phi) is 5.21. The minimum absolute atomic E-state index is 0.0527. The largest absolute Gasteiger partial charge is 0.349 e. The second kappa shape index (κ2) is 8.01. The highest BCUT2D eigenvalue weighted by atomic mass is 32.2. The van der Waals surface area contributed by atoms with Gasteiger partial charge in [0.1, 0.15) is 0 Å². The number of nitrogens with one attached hydrogen (secondary N) is 1. The monoisotopic (exact) mass is 458 g/mol. The normalized spacial score (nSPS) is 30.2. The van der Waals surface area contributed by atoms with E-state index in [9.17, 15) is 4.79 Å². The first-order chi connectivity index (χ1) is 15.9. The number of hydrogen-bond acceptors (Lipinski definition) is 3. The second-order valence-electron chi connectivity index (χ2n) is 11.2. The molecule has 0 spiro atoms. The summed E-state index contributed by atoms with van der Waals surface area (Å²) in [6.07, 6.45) is 9.09. The van der Waals surface area contributed by atoms with Gasteiger partial charge >= 0.3 is 0 Å². The van der Waals surface area contributed by atoms with Crippen molar-refractivity contribution in [1.82, 2.24) is 5.32 Å². The number of fused-ring (bicyclic) bond motifs is 2. The Bertz CT molecular complexity index is 1120. The van der Waals surface area contributed by atoms with Crippen LogP contribution >= 0.6 is 11.8 Å². The minimum Gasteiger partial charge on any atom is -0.349 e. The van der Waals surface area contributed by atoms with Crippen LogP contribution in [0.4, 0.5) is 5.69 Å². The average molecular weight is 459 g/mol. The minimum atomic E-state index is 0.0527. The van der Waals surface area contributed by atoms with Crippen LogP contribution in [-0.2, 0) is 0 Å². The zero-order chi connectivity index (χ0) is 22.7. The highest BCUT2D eigenvalue weighted by Gasteiger charge is 2.53. The molecule has 1 amide bonds. The maximum Gasteiger partial charge on any atom is 0.251 e. The topological polar surface area (TPSA) is 41.5 Å². The molecular formula is C29H34N2OS. The SMILES string of the molecule is CCC1=Nc2cc(C(=O)NC(C)C34CC5CC(CC(C5)C3)C4)ccc2Sc2ccc(C)cc21. The molecule has 0 aromatic heterocycles. The molecule has 1 atom stereocenters. The first kappa shape index (κ1) is 21.5. The Morgan fingerprint density at radius 2 is 1.73 bits per heavy atom. The van der Waals surface area contributed by atoms with Crippen LogP contribution in [0.2, 0.25) is 0 Å². The van der Waals surface area contributed by atoms with E-state index in [1.807, 2.05) is 12.1 Å². The van der Waals surface area contributed by atoms with Gasteiger partial charge in [-0.25, -0.2) is 0 Å². The van der Waals surface area contributed by atoms with E-state index in [1.165, 1.54) is 54.5 Å². The van der Waals surface area contributed by atoms with Gasteiger partial charge in [0.25, 0.3) is 5.91 Å². The molecule has 1 heterocycles. The maximum atomic E-state index is 13.4. The predicted octanol–water partition coefficient (Wildman–Crippen LogP) is 7.33. The molecule has 2 aromatic rings. The van der Waals surface area contributed by atoms with Crippen LogP contribution < -0.4 is 5.32 Å². The number of nitrogens with zero attached hydrogens (tertiary/aromatic N) is 1. The second-order valence-corrected chi connectivity index (χ2v) is 12.3. The number of benzene rings is 2. The van der Waals surface area contributed by atoms with Gasteiger partial charge in [-0.2, -0.15) is 0 Å². The molecule has 0 saturated heterocycles. The molecule has 4 bridgehead atoms. The lowest BCUT2D eigenvalue weighted by molar-refractivity contribution is -0.0688. The molecule has 4 fully saturated rings. The molecule has 5 aliphatic rings. The first-order valence-electron chi connectivity index (χ1n) is 12.7. The zero-order valence-electron chi connectivity index (χ0n) is 20.0. The maximum absolute atomic E-state index is 13.4. The smallest absolute Gasteiger partial charge is 0.251 e. The van der Waals surface area contributed by atoms with E-state index < -0.39 is 0 Å². The van der Waals surface area contributed by atoms with E-state index in [1.54, 1.807) is 11.8 Å². The molecule has 1 unspecified atom stereocenters. The van der Waals surface area contributed by atoms with Crippen LogP contribution in [0.3, 0.4) is 0 Å². The molecule has 33 heavy (non-hydrogen) atoms. The highest BCUT2D eigenvalue weighted by molar-refractivity contribution is 7.99. The number of aliphatic imine (C=N–C) groups is 1. The van der Waals surface area contributed by atoms with Crippen LogP contribution in [-0.4, -0.2) is 17.7 Å². The quantitative estimate of drug-likeness (QED) is 0.521. The molecule has 4 heteroatoms. The van der Waals surface area contributed by atoms with Crippen molar-refractivity contribution in [2.24, 2.45) is 28.2 Å². The van der Waals surface area contributed by atoms with Crippen LogP contribution in [0.15, 0.2) is 51.2 Å². The van der Waals surface area contributed by atoms with E-state index in [0.717, 1.165) is 46.0 Å². The van der Waals surface area contributed by atoms with Crippen LogP contribution in [0, 0.1) is 30.1 Å². The van der Waals surface area contributed by atoms with Crippen molar-refractivity contribution in [3.05, 3.63) is 53.1 Å². The van der Waals surface area contributed by atoms with Crippen molar-refractivity contribution in [1.29, 1.82) is 0 Å². The predicted molar refractivity (Wildman–Crippen MR) is 136 cm³/mol. The fourth-order valence-electron chi connectivity index (χ4n) is 7.53. The van der Waals surface area contributed by atoms with Crippen molar-refractivity contribution in [2.45, 2.75) is 81.5 Å². The number of hydrogen-bond donors (Lipinski definition) is 1. The highest BCUT2D eigenvalue weighted by Crippen LogP contribution is 2.61. The van der Waals surface area contributed by atoms with Gasteiger partial charge in [0.05, 0.1) is 5.69 Å². The fraction of sp³-hybridized carbons (Fsp3) is 0.517. The van der Waals surface area contributed by atoms with Crippen molar-refractivity contribution < 1.29 is 4.79 Å². The Hall–Kier alpha value is -2.07. The Balaban J connectivity index is 1.26. The van der Waals surface area contributed by atoms with Crippen LogP contribution in [0.1, 0.15) is 80.3 Å². The van der Waals surface area contributed by atoms with Crippen molar-refractivity contribution in [3.63, 3.8) is 0 Å². The molecule has 4 aliphatic carbocycles. The molecule has 4 saturated carbocycles. The molecule has 7 rings (SSSR count). The summed E-state index contributed by atoms with van der Waals surface area (Å²) in [7, 11) is 0. The van der Waals surface area contributed by atoms with Crippen molar-refractivity contribution in [3.8, 4) is 0 Å². The number of carbonyl (C=O) groups excluding carboxylic acids is 1. The van der Waals surface area contributed by atoms with Crippen molar-refractivity contribution in [2.75, 3.05) is 0 Å². The summed E-state index contributed by atoms with van der Waals surface area (Å²) < 4.78 is 0. The number of aryl methyl sites for hydroxylation is 1. The van der Waals surface area contributed by atoms with Crippen LogP contribution in [0.25, 0.3) is 0 Å². The van der Waals surface area contributed by atoms with E-state index in [-0.39, 0.29) is 11.9 Å². The summed E-state index contributed by atoms with van der Waals surface area (Å²) in [6.45, 7) is 6.55. The Labute approximate surface area is 201 Å². The van der Waals surface area contributed by atoms with Gasteiger partial charge in [-0.1, -0.05) is 30.3 Å². The summed E-state index contributed by atoms with van der Waals surface area (Å²) in [5.74, 6) is 2.74. The van der Waals surface area contributed by atoms with Gasteiger partial charge in [-0.3, -0.25) is 9.79 Å². The lowest BCUT2D eigenvalue weighted by Gasteiger charge is -2.59. The summed E-state index contributed by atoms with van der Waals surface area (Å²) in [4.78, 5) is 20.8. The summed E-state index contributed by atoms with van der Waals surface area (Å²) >= 11 is 1.76.